The normalized spacial score (nSPS) is 15.7. The van der Waals surface area contributed by atoms with E-state index in [1.165, 1.54) is 0 Å². The van der Waals surface area contributed by atoms with E-state index < -0.39 is 0 Å². The molecule has 1 heterocycles. The van der Waals surface area contributed by atoms with Gasteiger partial charge in [0, 0.05) is 24.6 Å². The van der Waals surface area contributed by atoms with E-state index in [-0.39, 0.29) is 11.8 Å². The lowest BCUT2D eigenvalue weighted by Gasteiger charge is -2.30. The lowest BCUT2D eigenvalue weighted by atomic mass is 9.95. The van der Waals surface area contributed by atoms with Gasteiger partial charge in [-0.05, 0) is 56.6 Å². The molecule has 1 fully saturated rings. The molecule has 5 nitrogen and oxygen atoms in total. The maximum absolute atomic E-state index is 12.4. The molecule has 0 unspecified atom stereocenters. The quantitative estimate of drug-likeness (QED) is 0.742. The highest BCUT2D eigenvalue weighted by Crippen LogP contribution is 2.21. The maximum Gasteiger partial charge on any atom is 0.227 e. The lowest BCUT2D eigenvalue weighted by molar-refractivity contribution is -0.121. The third kappa shape index (κ3) is 5.86. The van der Waals surface area contributed by atoms with Gasteiger partial charge in [-0.25, -0.2) is 0 Å². The van der Waals surface area contributed by atoms with Crippen molar-refractivity contribution in [2.45, 2.75) is 39.0 Å². The summed E-state index contributed by atoms with van der Waals surface area (Å²) in [4.78, 5) is 14.6. The van der Waals surface area contributed by atoms with E-state index in [0.717, 1.165) is 63.4 Å². The monoisotopic (exact) mass is 329 g/mol. The molecular weight excluding hydrogens is 302 g/mol. The summed E-state index contributed by atoms with van der Waals surface area (Å²) < 4.78 is 5.63. The number of nitrogens with zero attached hydrogens (tertiary/aromatic N) is 2. The number of likely N-dealkylation sites (tertiary alicyclic amines) is 1. The van der Waals surface area contributed by atoms with Crippen molar-refractivity contribution in [2.75, 3.05) is 31.6 Å². The molecule has 2 rings (SSSR count). The van der Waals surface area contributed by atoms with Crippen LogP contribution in [0.15, 0.2) is 24.3 Å². The summed E-state index contributed by atoms with van der Waals surface area (Å²) in [6.45, 7) is 5.46. The predicted molar refractivity (Wildman–Crippen MR) is 94.9 cm³/mol. The molecule has 0 bridgehead atoms. The molecule has 1 N–H and O–H groups in total. The Labute approximate surface area is 144 Å². The number of ether oxygens (including phenoxy) is 1. The topological polar surface area (TPSA) is 65.4 Å². The average molecular weight is 329 g/mol. The van der Waals surface area contributed by atoms with Crippen LogP contribution in [0.25, 0.3) is 0 Å². The largest absolute Gasteiger partial charge is 0.494 e. The minimum atomic E-state index is 0.0591. The standard InChI is InChI=1S/C19H27N3O2/c1-2-3-15-24-18-7-5-17(6-8-18)21-19(23)16-9-13-22(14-10-16)12-4-11-20/h5-8,16H,2-4,9-10,12-15H2,1H3,(H,21,23). The number of carbonyl (C=O) groups is 1. The molecular formula is C19H27N3O2. The molecule has 1 aromatic carbocycles. The summed E-state index contributed by atoms with van der Waals surface area (Å²) in [5.74, 6) is 0.991. The van der Waals surface area contributed by atoms with Crippen LogP contribution in [-0.2, 0) is 4.79 Å². The zero-order chi connectivity index (χ0) is 17.2. The number of carbonyl (C=O) groups excluding carboxylic acids is 1. The molecule has 1 aliphatic rings. The zero-order valence-corrected chi connectivity index (χ0v) is 14.5. The number of amides is 1. The number of anilines is 1. The van der Waals surface area contributed by atoms with Crippen LogP contribution in [0.1, 0.15) is 39.0 Å². The van der Waals surface area contributed by atoms with E-state index in [1.54, 1.807) is 0 Å². The Morgan fingerprint density at radius 2 is 2.04 bits per heavy atom. The van der Waals surface area contributed by atoms with Crippen molar-refractivity contribution in [3.05, 3.63) is 24.3 Å². The molecule has 0 aromatic heterocycles. The fraction of sp³-hybridized carbons (Fsp3) is 0.579. The molecule has 0 radical (unpaired) electrons. The molecule has 1 aliphatic heterocycles. The SMILES string of the molecule is CCCCOc1ccc(NC(=O)C2CCN(CCC#N)CC2)cc1. The second-order valence-electron chi connectivity index (χ2n) is 6.24. The Bertz CT molecular complexity index is 543. The number of nitrogens with one attached hydrogen (secondary N) is 1. The molecule has 1 aromatic rings. The van der Waals surface area contributed by atoms with Crippen LogP contribution in [0.5, 0.6) is 5.75 Å². The van der Waals surface area contributed by atoms with E-state index in [4.69, 9.17) is 10.00 Å². The number of hydrogen-bond acceptors (Lipinski definition) is 4. The van der Waals surface area contributed by atoms with Gasteiger partial charge in [0.1, 0.15) is 5.75 Å². The Kier molecular flexibility index (Phi) is 7.57. The fourth-order valence-corrected chi connectivity index (χ4v) is 2.84. The van der Waals surface area contributed by atoms with Crippen LogP contribution >= 0.6 is 0 Å². The molecule has 0 saturated carbocycles. The van der Waals surface area contributed by atoms with Crippen molar-refractivity contribution in [2.24, 2.45) is 5.92 Å². The van der Waals surface area contributed by atoms with Gasteiger partial charge in [-0.1, -0.05) is 13.3 Å². The van der Waals surface area contributed by atoms with E-state index in [1.807, 2.05) is 24.3 Å². The van der Waals surface area contributed by atoms with Gasteiger partial charge in [-0.2, -0.15) is 5.26 Å². The molecule has 5 heteroatoms. The van der Waals surface area contributed by atoms with Crippen LogP contribution < -0.4 is 10.1 Å². The highest BCUT2D eigenvalue weighted by atomic mass is 16.5. The number of hydrogen-bond donors (Lipinski definition) is 1. The molecule has 0 atom stereocenters. The van der Waals surface area contributed by atoms with Gasteiger partial charge in [0.2, 0.25) is 5.91 Å². The highest BCUT2D eigenvalue weighted by molar-refractivity contribution is 5.92. The molecule has 0 spiro atoms. The second kappa shape index (κ2) is 9.94. The number of nitriles is 1. The third-order valence-electron chi connectivity index (χ3n) is 4.39. The van der Waals surface area contributed by atoms with Crippen molar-refractivity contribution in [1.29, 1.82) is 5.26 Å². The van der Waals surface area contributed by atoms with Crippen LogP contribution in [0.4, 0.5) is 5.69 Å². The summed E-state index contributed by atoms with van der Waals surface area (Å²) >= 11 is 0. The number of piperidine rings is 1. The van der Waals surface area contributed by atoms with E-state index in [9.17, 15) is 4.79 Å². The predicted octanol–water partition coefficient (Wildman–Crippen LogP) is 3.43. The van der Waals surface area contributed by atoms with E-state index >= 15 is 0 Å². The summed E-state index contributed by atoms with van der Waals surface area (Å²) in [5, 5.41) is 11.6. The third-order valence-corrected chi connectivity index (χ3v) is 4.39. The summed E-state index contributed by atoms with van der Waals surface area (Å²) in [5.41, 5.74) is 0.815. The van der Waals surface area contributed by atoms with Crippen molar-refractivity contribution < 1.29 is 9.53 Å². The number of benzene rings is 1. The second-order valence-corrected chi connectivity index (χ2v) is 6.24. The first kappa shape index (κ1) is 18.3. The first-order valence-corrected chi connectivity index (χ1v) is 8.86. The van der Waals surface area contributed by atoms with E-state index in [0.29, 0.717) is 6.42 Å². The molecule has 130 valence electrons. The fourth-order valence-electron chi connectivity index (χ4n) is 2.84. The Morgan fingerprint density at radius 3 is 2.67 bits per heavy atom. The van der Waals surface area contributed by atoms with Gasteiger partial charge in [0.15, 0.2) is 0 Å². The summed E-state index contributed by atoms with van der Waals surface area (Å²) in [6.07, 6.45) is 4.43. The van der Waals surface area contributed by atoms with Crippen molar-refractivity contribution in [3.63, 3.8) is 0 Å². The minimum Gasteiger partial charge on any atom is -0.494 e. The number of unbranched alkanes of at least 4 members (excludes halogenated alkanes) is 1. The van der Waals surface area contributed by atoms with Gasteiger partial charge in [-0.3, -0.25) is 4.79 Å². The summed E-state index contributed by atoms with van der Waals surface area (Å²) in [7, 11) is 0. The van der Waals surface area contributed by atoms with Crippen LogP contribution in [0.2, 0.25) is 0 Å². The minimum absolute atomic E-state index is 0.0591. The smallest absolute Gasteiger partial charge is 0.227 e. The van der Waals surface area contributed by atoms with Gasteiger partial charge >= 0.3 is 0 Å². The highest BCUT2D eigenvalue weighted by Gasteiger charge is 2.24. The molecule has 1 saturated heterocycles. The Morgan fingerprint density at radius 1 is 1.33 bits per heavy atom. The molecule has 0 aliphatic carbocycles. The first-order chi connectivity index (χ1) is 11.7. The molecule has 1 amide bonds. The maximum atomic E-state index is 12.4. The van der Waals surface area contributed by atoms with Gasteiger partial charge in [0.25, 0.3) is 0 Å². The van der Waals surface area contributed by atoms with Crippen molar-refractivity contribution in [3.8, 4) is 11.8 Å². The average Bonchev–Trinajstić information content (AvgIpc) is 2.62. The molecule has 24 heavy (non-hydrogen) atoms. The van der Waals surface area contributed by atoms with E-state index in [2.05, 4.69) is 23.2 Å². The van der Waals surface area contributed by atoms with Crippen LogP contribution in [0.3, 0.4) is 0 Å². The van der Waals surface area contributed by atoms with Crippen molar-refractivity contribution in [1.82, 2.24) is 4.90 Å². The van der Waals surface area contributed by atoms with Gasteiger partial charge in [-0.15, -0.1) is 0 Å². The zero-order valence-electron chi connectivity index (χ0n) is 14.5. The van der Waals surface area contributed by atoms with Crippen LogP contribution in [-0.4, -0.2) is 37.0 Å². The first-order valence-electron chi connectivity index (χ1n) is 8.86. The Hall–Kier alpha value is -2.06. The lowest BCUT2D eigenvalue weighted by Crippen LogP contribution is -2.38. The Balaban J connectivity index is 1.75. The van der Waals surface area contributed by atoms with Gasteiger partial charge in [0.05, 0.1) is 12.7 Å². The van der Waals surface area contributed by atoms with Gasteiger partial charge < -0.3 is 15.0 Å². The van der Waals surface area contributed by atoms with Crippen molar-refractivity contribution >= 4 is 11.6 Å². The summed E-state index contributed by atoms with van der Waals surface area (Å²) in [6, 6.07) is 9.75. The number of rotatable bonds is 8. The van der Waals surface area contributed by atoms with Crippen LogP contribution in [0, 0.1) is 17.2 Å².